The summed E-state index contributed by atoms with van der Waals surface area (Å²) in [5.41, 5.74) is 9.84. The molecule has 0 radical (unpaired) electrons. The Labute approximate surface area is 271 Å². The molecule has 2 nitrogen and oxygen atoms in total. The molecule has 0 aliphatic heterocycles. The Bertz CT molecular complexity index is 2260. The third-order valence-electron chi connectivity index (χ3n) is 9.26. The van der Waals surface area contributed by atoms with E-state index in [1.165, 1.54) is 66.2 Å². The second-order valence-electron chi connectivity index (χ2n) is 12.3. The maximum atomic E-state index is 2.48. The van der Waals surface area contributed by atoms with Crippen LogP contribution in [0, 0.1) is 6.92 Å². The first kappa shape index (κ1) is 27.9. The van der Waals surface area contributed by atoms with E-state index >= 15 is 0 Å². The molecule has 7 aromatic rings. The number of fused-ring (bicyclic) bond motifs is 5. The minimum Gasteiger partial charge on any atom is -0.314 e. The van der Waals surface area contributed by atoms with Gasteiger partial charge in [0.15, 0.2) is 0 Å². The molecule has 0 fully saturated rings. The standard InChI is InChI=1S/C44H36N2/c1-31-21-25-35(26-22-31)45(33-13-5-3-6-14-33)43-29-41-38-18-10-12-20-40(38)44(30-42(41)37-17-9-11-19-39(37)43)46(34-15-7-4-8-16-34)36-27-23-32(2)24-28-36/h3-23,25-27,29-30H,24,28H2,1-2H3. The predicted molar refractivity (Wildman–Crippen MR) is 198 cm³/mol. The Morgan fingerprint density at radius 2 is 0.848 bits per heavy atom. The number of nitrogens with zero attached hydrogens (tertiary/aromatic N) is 2. The van der Waals surface area contributed by atoms with Crippen molar-refractivity contribution in [1.82, 2.24) is 0 Å². The maximum Gasteiger partial charge on any atom is 0.0546 e. The van der Waals surface area contributed by atoms with Crippen LogP contribution < -0.4 is 9.80 Å². The van der Waals surface area contributed by atoms with Crippen LogP contribution in [0.4, 0.5) is 28.4 Å². The molecule has 7 aromatic carbocycles. The van der Waals surface area contributed by atoms with E-state index in [-0.39, 0.29) is 0 Å². The molecular formula is C44H36N2. The molecule has 0 bridgehead atoms. The fourth-order valence-corrected chi connectivity index (χ4v) is 6.93. The van der Waals surface area contributed by atoms with E-state index in [2.05, 4.69) is 181 Å². The van der Waals surface area contributed by atoms with Gasteiger partial charge in [0.05, 0.1) is 11.4 Å². The molecule has 0 amide bonds. The lowest BCUT2D eigenvalue weighted by molar-refractivity contribution is 0.876. The van der Waals surface area contributed by atoms with Crippen molar-refractivity contribution in [2.75, 3.05) is 9.80 Å². The number of anilines is 5. The zero-order chi connectivity index (χ0) is 31.0. The van der Waals surface area contributed by atoms with Crippen LogP contribution in [0.2, 0.25) is 0 Å². The summed E-state index contributed by atoms with van der Waals surface area (Å²) in [4.78, 5) is 4.89. The summed E-state index contributed by atoms with van der Waals surface area (Å²) in [5, 5.41) is 7.48. The molecule has 0 N–H and O–H groups in total. The van der Waals surface area contributed by atoms with Crippen molar-refractivity contribution in [3.05, 3.63) is 175 Å². The number of hydrogen-bond acceptors (Lipinski definition) is 2. The van der Waals surface area contributed by atoms with E-state index < -0.39 is 0 Å². The van der Waals surface area contributed by atoms with Gasteiger partial charge < -0.3 is 9.80 Å². The minimum absolute atomic E-state index is 1.01. The third kappa shape index (κ3) is 4.93. The summed E-state index contributed by atoms with van der Waals surface area (Å²) in [5.74, 6) is 0. The van der Waals surface area contributed by atoms with Crippen molar-refractivity contribution in [2.45, 2.75) is 26.7 Å². The lowest BCUT2D eigenvalue weighted by Crippen LogP contribution is -2.18. The first-order valence-electron chi connectivity index (χ1n) is 16.2. The number of aryl methyl sites for hydroxylation is 1. The highest BCUT2D eigenvalue weighted by Gasteiger charge is 2.23. The Balaban J connectivity index is 1.45. The van der Waals surface area contributed by atoms with E-state index in [4.69, 9.17) is 0 Å². The van der Waals surface area contributed by atoms with E-state index in [1.54, 1.807) is 0 Å². The molecule has 2 heteroatoms. The third-order valence-corrected chi connectivity index (χ3v) is 9.26. The van der Waals surface area contributed by atoms with Crippen LogP contribution in [-0.2, 0) is 0 Å². The maximum absolute atomic E-state index is 2.48. The van der Waals surface area contributed by atoms with Crippen LogP contribution >= 0.6 is 0 Å². The van der Waals surface area contributed by atoms with Crippen LogP contribution in [0.15, 0.2) is 169 Å². The number of para-hydroxylation sites is 2. The van der Waals surface area contributed by atoms with Crippen LogP contribution in [-0.4, -0.2) is 0 Å². The second kappa shape index (κ2) is 11.7. The fourth-order valence-electron chi connectivity index (χ4n) is 6.93. The molecule has 0 spiro atoms. The van der Waals surface area contributed by atoms with Gasteiger partial charge in [-0.1, -0.05) is 114 Å². The number of hydrogen-bond donors (Lipinski definition) is 0. The van der Waals surface area contributed by atoms with Crippen LogP contribution in [0.1, 0.15) is 25.3 Å². The summed E-state index contributed by atoms with van der Waals surface area (Å²) in [7, 11) is 0. The molecule has 0 heterocycles. The van der Waals surface area contributed by atoms with Gasteiger partial charge in [0.25, 0.3) is 0 Å². The van der Waals surface area contributed by atoms with Crippen LogP contribution in [0.25, 0.3) is 32.3 Å². The first-order valence-corrected chi connectivity index (χ1v) is 16.2. The normalized spacial score (nSPS) is 13.1. The average molecular weight is 593 g/mol. The number of benzene rings is 7. The molecule has 0 atom stereocenters. The summed E-state index contributed by atoms with van der Waals surface area (Å²) in [6, 6.07) is 53.1. The predicted octanol–water partition coefficient (Wildman–Crippen LogP) is 12.7. The van der Waals surface area contributed by atoms with Crippen LogP contribution in [0.3, 0.4) is 0 Å². The highest BCUT2D eigenvalue weighted by molar-refractivity contribution is 6.24. The van der Waals surface area contributed by atoms with E-state index in [0.29, 0.717) is 0 Å². The van der Waals surface area contributed by atoms with Gasteiger partial charge in [-0.05, 0) is 103 Å². The number of rotatable bonds is 6. The van der Waals surface area contributed by atoms with Crippen LogP contribution in [0.5, 0.6) is 0 Å². The molecule has 46 heavy (non-hydrogen) atoms. The lowest BCUT2D eigenvalue weighted by atomic mass is 9.93. The van der Waals surface area contributed by atoms with Crippen molar-refractivity contribution in [1.29, 1.82) is 0 Å². The lowest BCUT2D eigenvalue weighted by Gasteiger charge is -2.32. The SMILES string of the molecule is CC1=CC=C(N(c2ccccc2)c2cc3c4ccccc4c(N(c4ccccc4)c4ccc(C)cc4)cc3c3ccccc23)CC1. The molecule has 8 rings (SSSR count). The smallest absolute Gasteiger partial charge is 0.0546 e. The van der Waals surface area contributed by atoms with E-state index in [9.17, 15) is 0 Å². The fraction of sp³-hybridized carbons (Fsp3) is 0.0909. The van der Waals surface area contributed by atoms with Crippen molar-refractivity contribution >= 4 is 60.8 Å². The van der Waals surface area contributed by atoms with Gasteiger partial charge in [-0.3, -0.25) is 0 Å². The van der Waals surface area contributed by atoms with Gasteiger partial charge in [0, 0.05) is 33.5 Å². The molecule has 0 unspecified atom stereocenters. The van der Waals surface area contributed by atoms with Gasteiger partial charge in [-0.15, -0.1) is 0 Å². The molecule has 1 aliphatic carbocycles. The Morgan fingerprint density at radius 1 is 0.391 bits per heavy atom. The van der Waals surface area contributed by atoms with Crippen molar-refractivity contribution < 1.29 is 0 Å². The Kier molecular flexibility index (Phi) is 7.11. The summed E-state index contributed by atoms with van der Waals surface area (Å²) in [6.07, 6.45) is 6.67. The van der Waals surface area contributed by atoms with Gasteiger partial charge in [-0.25, -0.2) is 0 Å². The Morgan fingerprint density at radius 3 is 1.37 bits per heavy atom. The molecule has 0 saturated carbocycles. The molecule has 0 aromatic heterocycles. The summed E-state index contributed by atoms with van der Waals surface area (Å²) in [6.45, 7) is 4.37. The van der Waals surface area contributed by atoms with Gasteiger partial charge in [-0.2, -0.15) is 0 Å². The minimum atomic E-state index is 1.01. The largest absolute Gasteiger partial charge is 0.314 e. The molecule has 0 saturated heterocycles. The van der Waals surface area contributed by atoms with Gasteiger partial charge >= 0.3 is 0 Å². The Hall–Kier alpha value is -5.60. The molecule has 222 valence electrons. The number of allylic oxidation sites excluding steroid dienone is 4. The zero-order valence-electron chi connectivity index (χ0n) is 26.3. The monoisotopic (exact) mass is 592 g/mol. The highest BCUT2D eigenvalue weighted by atomic mass is 15.2. The van der Waals surface area contributed by atoms with E-state index in [0.717, 1.165) is 24.2 Å². The molecule has 1 aliphatic rings. The quantitative estimate of drug-likeness (QED) is 0.177. The molecular weight excluding hydrogens is 556 g/mol. The summed E-state index contributed by atoms with van der Waals surface area (Å²) < 4.78 is 0. The summed E-state index contributed by atoms with van der Waals surface area (Å²) >= 11 is 0. The topological polar surface area (TPSA) is 6.48 Å². The average Bonchev–Trinajstić information content (AvgIpc) is 3.11. The van der Waals surface area contributed by atoms with Crippen molar-refractivity contribution in [2.24, 2.45) is 0 Å². The van der Waals surface area contributed by atoms with Crippen molar-refractivity contribution in [3.8, 4) is 0 Å². The first-order chi connectivity index (χ1) is 22.7. The van der Waals surface area contributed by atoms with Gasteiger partial charge in [0.2, 0.25) is 0 Å². The van der Waals surface area contributed by atoms with E-state index in [1.807, 2.05) is 0 Å². The zero-order valence-corrected chi connectivity index (χ0v) is 26.3. The van der Waals surface area contributed by atoms with Crippen molar-refractivity contribution in [3.63, 3.8) is 0 Å². The van der Waals surface area contributed by atoms with Gasteiger partial charge in [0.1, 0.15) is 0 Å². The second-order valence-corrected chi connectivity index (χ2v) is 12.3. The highest BCUT2D eigenvalue weighted by Crippen LogP contribution is 2.47.